The van der Waals surface area contributed by atoms with Gasteiger partial charge in [0.1, 0.15) is 0 Å². The molecule has 4 nitrogen and oxygen atoms in total. The number of rotatable bonds is 3. The molecule has 0 spiro atoms. The predicted molar refractivity (Wildman–Crippen MR) is 53.6 cm³/mol. The second-order valence-electron chi connectivity index (χ2n) is 3.36. The van der Waals surface area contributed by atoms with Gasteiger partial charge in [-0.1, -0.05) is 0 Å². The summed E-state index contributed by atoms with van der Waals surface area (Å²) in [5.41, 5.74) is 0. The summed E-state index contributed by atoms with van der Waals surface area (Å²) in [5, 5.41) is 12.6. The Morgan fingerprint density at radius 1 is 1.79 bits per heavy atom. The Balaban J connectivity index is 2.82. The molecule has 0 fully saturated rings. The van der Waals surface area contributed by atoms with E-state index in [2.05, 4.69) is 33.6 Å². The van der Waals surface area contributed by atoms with Gasteiger partial charge in [0, 0.05) is 0 Å². The molecular formula is C9H15N3OW. The summed E-state index contributed by atoms with van der Waals surface area (Å²) in [6.45, 7) is 4.64. The predicted octanol–water partition coefficient (Wildman–Crippen LogP) is -0.163. The Bertz CT molecular complexity index is 263. The van der Waals surface area contributed by atoms with Gasteiger partial charge in [0.15, 0.2) is 0 Å². The van der Waals surface area contributed by atoms with Crippen molar-refractivity contribution in [3.8, 4) is 0 Å². The van der Waals surface area contributed by atoms with Gasteiger partial charge < -0.3 is 0 Å². The van der Waals surface area contributed by atoms with Crippen molar-refractivity contribution in [3.05, 3.63) is 11.9 Å². The molecular weight excluding hydrogens is 350 g/mol. The molecule has 1 heterocycles. The minimum atomic E-state index is -0.493. The van der Waals surface area contributed by atoms with Crippen molar-refractivity contribution in [2.75, 3.05) is 6.54 Å². The fourth-order valence-corrected chi connectivity index (χ4v) is 2.46. The van der Waals surface area contributed by atoms with Crippen LogP contribution in [0.1, 0.15) is 13.8 Å². The number of nitrogens with zero attached hydrogens (tertiary/aromatic N) is 2. The van der Waals surface area contributed by atoms with Crippen LogP contribution < -0.4 is 5.32 Å². The first-order chi connectivity index (χ1) is 6.65. The SMILES string of the molecule is CC(C)N([CH]=[W])C1=C[C@H](O)CN=CN1. The van der Waals surface area contributed by atoms with Gasteiger partial charge in [-0.25, -0.2) is 0 Å². The molecule has 0 aliphatic carbocycles. The molecule has 0 saturated carbocycles. The van der Waals surface area contributed by atoms with Gasteiger partial charge in [0.2, 0.25) is 0 Å². The summed E-state index contributed by atoms with van der Waals surface area (Å²) < 4.78 is 2.06. The van der Waals surface area contributed by atoms with Gasteiger partial charge in [-0.3, -0.25) is 0 Å². The molecule has 78 valence electrons. The van der Waals surface area contributed by atoms with E-state index in [1.165, 1.54) is 19.4 Å². The van der Waals surface area contributed by atoms with Crippen LogP contribution in [-0.4, -0.2) is 39.6 Å². The van der Waals surface area contributed by atoms with Crippen molar-refractivity contribution in [2.24, 2.45) is 4.99 Å². The third kappa shape index (κ3) is 3.03. The molecule has 1 atom stereocenters. The zero-order valence-corrected chi connectivity index (χ0v) is 11.3. The van der Waals surface area contributed by atoms with Crippen molar-refractivity contribution in [1.29, 1.82) is 0 Å². The Hall–Kier alpha value is -0.472. The van der Waals surface area contributed by atoms with E-state index in [9.17, 15) is 5.11 Å². The molecule has 0 aromatic carbocycles. The molecule has 0 saturated heterocycles. The molecule has 0 bridgehead atoms. The number of aliphatic hydroxyl groups is 1. The Morgan fingerprint density at radius 2 is 2.50 bits per heavy atom. The maximum absolute atomic E-state index is 9.52. The van der Waals surface area contributed by atoms with Crippen molar-refractivity contribution in [1.82, 2.24) is 10.2 Å². The summed E-state index contributed by atoms with van der Waals surface area (Å²) >= 11 is 1.38. The fourth-order valence-electron chi connectivity index (χ4n) is 1.17. The van der Waals surface area contributed by atoms with Crippen LogP contribution in [0.5, 0.6) is 0 Å². The van der Waals surface area contributed by atoms with E-state index in [-0.39, 0.29) is 0 Å². The van der Waals surface area contributed by atoms with Gasteiger partial charge in [0.05, 0.1) is 0 Å². The number of hydrogen-bond donors (Lipinski definition) is 2. The second-order valence-corrected chi connectivity index (χ2v) is 4.12. The van der Waals surface area contributed by atoms with Crippen molar-refractivity contribution in [2.45, 2.75) is 26.0 Å². The maximum atomic E-state index is 9.52. The van der Waals surface area contributed by atoms with Gasteiger partial charge in [-0.05, 0) is 0 Å². The van der Waals surface area contributed by atoms with Crippen LogP contribution in [0.3, 0.4) is 0 Å². The molecule has 0 aromatic rings. The topological polar surface area (TPSA) is 47.9 Å². The molecule has 14 heavy (non-hydrogen) atoms. The first-order valence-corrected chi connectivity index (χ1v) is 6.23. The monoisotopic (exact) mass is 365 g/mol. The molecule has 2 N–H and O–H groups in total. The third-order valence-corrected chi connectivity index (χ3v) is 2.71. The molecule has 0 unspecified atom stereocenters. The van der Waals surface area contributed by atoms with E-state index in [1.54, 1.807) is 12.4 Å². The van der Waals surface area contributed by atoms with E-state index >= 15 is 0 Å². The molecule has 1 aliphatic rings. The fraction of sp³-hybridized carbons (Fsp3) is 0.556. The Morgan fingerprint density at radius 3 is 3.07 bits per heavy atom. The van der Waals surface area contributed by atoms with Crippen LogP contribution >= 0.6 is 0 Å². The first kappa shape index (κ1) is 11.6. The van der Waals surface area contributed by atoms with Crippen molar-refractivity contribution < 1.29 is 24.5 Å². The van der Waals surface area contributed by atoms with Crippen LogP contribution in [0.4, 0.5) is 0 Å². The average Bonchev–Trinajstić information content (AvgIpc) is 2.31. The Kier molecular flexibility index (Phi) is 4.49. The number of nitrogens with one attached hydrogen (secondary N) is 1. The van der Waals surface area contributed by atoms with Crippen molar-refractivity contribution in [3.63, 3.8) is 0 Å². The molecule has 5 heteroatoms. The summed E-state index contributed by atoms with van der Waals surface area (Å²) in [5.74, 6) is 0.906. The molecule has 0 aromatic heterocycles. The van der Waals surface area contributed by atoms with Gasteiger partial charge in [-0.15, -0.1) is 0 Å². The molecule has 0 amide bonds. The van der Waals surface area contributed by atoms with Crippen LogP contribution in [0.25, 0.3) is 0 Å². The van der Waals surface area contributed by atoms with E-state index in [0.29, 0.717) is 12.6 Å². The zero-order valence-electron chi connectivity index (χ0n) is 8.34. The third-order valence-electron chi connectivity index (χ3n) is 1.89. The van der Waals surface area contributed by atoms with Gasteiger partial charge >= 0.3 is 95.0 Å². The van der Waals surface area contributed by atoms with E-state index < -0.39 is 6.10 Å². The standard InChI is InChI=1S/C9H15N3O.W/c1-7(2)12(3)9-4-8(13)5-10-6-11-9;/h3-4,6-8,13H,5H2,1-2H3,(H,10,11);/t8-;/m0./s1. The van der Waals surface area contributed by atoms with Gasteiger partial charge in [-0.2, -0.15) is 0 Å². The first-order valence-electron chi connectivity index (χ1n) is 4.53. The summed E-state index contributed by atoms with van der Waals surface area (Å²) in [6.07, 6.45) is 2.94. The van der Waals surface area contributed by atoms with E-state index in [4.69, 9.17) is 0 Å². The number of hydrogen-bond acceptors (Lipinski definition) is 4. The van der Waals surface area contributed by atoms with Crippen LogP contribution in [-0.2, 0) is 19.4 Å². The normalized spacial score (nSPS) is 21.1. The van der Waals surface area contributed by atoms with Crippen LogP contribution in [0, 0.1) is 0 Å². The minimum absolute atomic E-state index is 0.380. The zero-order chi connectivity index (χ0) is 10.6. The Labute approximate surface area is 95.1 Å². The summed E-state index contributed by atoms with van der Waals surface area (Å²) in [6, 6.07) is 0.380. The van der Waals surface area contributed by atoms with Crippen LogP contribution in [0.2, 0.25) is 0 Å². The van der Waals surface area contributed by atoms with E-state index in [0.717, 1.165) is 5.82 Å². The van der Waals surface area contributed by atoms with E-state index in [1.807, 2.05) is 0 Å². The number of aliphatic imine (C=N–C) groups is 1. The second kappa shape index (κ2) is 5.42. The number of aliphatic hydroxyl groups excluding tert-OH is 1. The molecule has 1 rings (SSSR count). The van der Waals surface area contributed by atoms with Crippen LogP contribution in [0.15, 0.2) is 16.9 Å². The quantitative estimate of drug-likeness (QED) is 0.731. The summed E-state index contributed by atoms with van der Waals surface area (Å²) in [4.78, 5) is 6.10. The summed E-state index contributed by atoms with van der Waals surface area (Å²) in [7, 11) is 0. The van der Waals surface area contributed by atoms with Crippen molar-refractivity contribution >= 4 is 10.9 Å². The average molecular weight is 365 g/mol. The van der Waals surface area contributed by atoms with Gasteiger partial charge in [0.25, 0.3) is 0 Å². The molecule has 0 radical (unpaired) electrons. The molecule has 1 aliphatic heterocycles.